The van der Waals surface area contributed by atoms with E-state index in [4.69, 9.17) is 16.7 Å². The average Bonchev–Trinajstić information content (AvgIpc) is 2.47. The highest BCUT2D eigenvalue weighted by Crippen LogP contribution is 2.35. The molecule has 2 N–H and O–H groups in total. The molecule has 3 nitrogen and oxygen atoms in total. The van der Waals surface area contributed by atoms with Gasteiger partial charge in [0.25, 0.3) is 0 Å². The van der Waals surface area contributed by atoms with Gasteiger partial charge in [-0.1, -0.05) is 11.6 Å². The molecule has 5 heteroatoms. The summed E-state index contributed by atoms with van der Waals surface area (Å²) in [6, 6.07) is 3.00. The summed E-state index contributed by atoms with van der Waals surface area (Å²) in [6.07, 6.45) is 0.476. The van der Waals surface area contributed by atoms with E-state index in [1.165, 1.54) is 0 Å². The largest absolute Gasteiger partial charge is 0.480 e. The summed E-state index contributed by atoms with van der Waals surface area (Å²) in [7, 11) is 0. The van der Waals surface area contributed by atoms with Crippen LogP contribution in [0.2, 0.25) is 5.02 Å². The number of benzene rings is 1. The van der Waals surface area contributed by atoms with E-state index in [1.807, 2.05) is 0 Å². The SMILES string of the molecule is O=C(O)C1Cc2cc(Cl)cc(Br)c2N1. The second-order valence-electron chi connectivity index (χ2n) is 3.16. The van der Waals surface area contributed by atoms with Crippen molar-refractivity contribution in [3.8, 4) is 0 Å². The van der Waals surface area contributed by atoms with E-state index >= 15 is 0 Å². The molecule has 1 aromatic carbocycles. The van der Waals surface area contributed by atoms with Crippen molar-refractivity contribution in [2.45, 2.75) is 12.5 Å². The molecule has 0 aromatic heterocycles. The lowest BCUT2D eigenvalue weighted by Crippen LogP contribution is -2.26. The lowest BCUT2D eigenvalue weighted by Gasteiger charge is -2.05. The maximum Gasteiger partial charge on any atom is 0.326 e. The Bertz CT molecular complexity index is 408. The van der Waals surface area contributed by atoms with E-state index in [2.05, 4.69) is 21.2 Å². The normalized spacial score (nSPS) is 18.9. The molecule has 1 atom stereocenters. The number of hydrogen-bond acceptors (Lipinski definition) is 2. The Morgan fingerprint density at radius 3 is 3.00 bits per heavy atom. The van der Waals surface area contributed by atoms with Crippen LogP contribution in [0.5, 0.6) is 0 Å². The molecule has 74 valence electrons. The van der Waals surface area contributed by atoms with E-state index in [0.717, 1.165) is 15.7 Å². The van der Waals surface area contributed by atoms with Crippen LogP contribution in [0.3, 0.4) is 0 Å². The molecular weight excluding hydrogens is 269 g/mol. The molecule has 0 amide bonds. The van der Waals surface area contributed by atoms with Crippen LogP contribution in [0.1, 0.15) is 5.56 Å². The minimum absolute atomic E-state index is 0.476. The second-order valence-corrected chi connectivity index (χ2v) is 4.45. The van der Waals surface area contributed by atoms with Gasteiger partial charge in [0.1, 0.15) is 6.04 Å². The van der Waals surface area contributed by atoms with Crippen LogP contribution in [-0.2, 0) is 11.2 Å². The van der Waals surface area contributed by atoms with E-state index in [-0.39, 0.29) is 0 Å². The maximum atomic E-state index is 10.8. The van der Waals surface area contributed by atoms with Gasteiger partial charge in [0.05, 0.1) is 5.69 Å². The van der Waals surface area contributed by atoms with Crippen LogP contribution in [0, 0.1) is 0 Å². The molecule has 0 radical (unpaired) electrons. The lowest BCUT2D eigenvalue weighted by atomic mass is 10.1. The Kier molecular flexibility index (Phi) is 2.41. The highest BCUT2D eigenvalue weighted by atomic mass is 79.9. The number of halogens is 2. The number of nitrogens with one attached hydrogen (secondary N) is 1. The van der Waals surface area contributed by atoms with Gasteiger partial charge in [-0.2, -0.15) is 0 Å². The van der Waals surface area contributed by atoms with Crippen molar-refractivity contribution in [2.24, 2.45) is 0 Å². The molecule has 14 heavy (non-hydrogen) atoms. The summed E-state index contributed by atoms with van der Waals surface area (Å²) in [4.78, 5) is 10.8. The van der Waals surface area contributed by atoms with Crippen molar-refractivity contribution < 1.29 is 9.90 Å². The summed E-state index contributed by atoms with van der Waals surface area (Å²) in [6.45, 7) is 0. The predicted octanol–water partition coefficient (Wildman–Crippen LogP) is 2.52. The zero-order chi connectivity index (χ0) is 10.3. The van der Waals surface area contributed by atoms with E-state index in [9.17, 15) is 4.79 Å². The van der Waals surface area contributed by atoms with Gasteiger partial charge in [0, 0.05) is 15.9 Å². The molecule has 1 unspecified atom stereocenters. The van der Waals surface area contributed by atoms with Gasteiger partial charge in [-0.05, 0) is 33.6 Å². The molecule has 1 aromatic rings. The van der Waals surface area contributed by atoms with Crippen molar-refractivity contribution >= 4 is 39.2 Å². The van der Waals surface area contributed by atoms with Gasteiger partial charge >= 0.3 is 5.97 Å². The van der Waals surface area contributed by atoms with Crippen LogP contribution in [0.25, 0.3) is 0 Å². The molecule has 1 aliphatic rings. The molecular formula is C9H7BrClNO2. The average molecular weight is 277 g/mol. The second kappa shape index (κ2) is 3.44. The molecule has 1 aliphatic heterocycles. The third-order valence-corrected chi connectivity index (χ3v) is 3.02. The smallest absolute Gasteiger partial charge is 0.326 e. The minimum atomic E-state index is -0.843. The van der Waals surface area contributed by atoms with Crippen molar-refractivity contribution in [3.05, 3.63) is 27.2 Å². The van der Waals surface area contributed by atoms with Gasteiger partial charge < -0.3 is 10.4 Å². The molecule has 0 spiro atoms. The van der Waals surface area contributed by atoms with Crippen molar-refractivity contribution in [1.82, 2.24) is 0 Å². The first-order valence-electron chi connectivity index (χ1n) is 4.05. The summed E-state index contributed by atoms with van der Waals surface area (Å²) < 4.78 is 0.809. The number of rotatable bonds is 1. The summed E-state index contributed by atoms with van der Waals surface area (Å²) in [5.74, 6) is -0.843. The van der Waals surface area contributed by atoms with Crippen LogP contribution in [0.15, 0.2) is 16.6 Å². The Balaban J connectivity index is 2.39. The summed E-state index contributed by atoms with van der Waals surface area (Å²) in [5.41, 5.74) is 1.78. The topological polar surface area (TPSA) is 49.3 Å². The molecule has 0 bridgehead atoms. The van der Waals surface area contributed by atoms with Crippen LogP contribution in [-0.4, -0.2) is 17.1 Å². The Labute approximate surface area is 94.2 Å². The Morgan fingerprint density at radius 2 is 2.36 bits per heavy atom. The molecule has 0 fully saturated rings. The van der Waals surface area contributed by atoms with Crippen LogP contribution in [0.4, 0.5) is 5.69 Å². The number of fused-ring (bicyclic) bond motifs is 1. The first-order chi connectivity index (χ1) is 6.58. The molecule has 0 aliphatic carbocycles. The number of carbonyl (C=O) groups is 1. The van der Waals surface area contributed by atoms with Crippen molar-refractivity contribution in [2.75, 3.05) is 5.32 Å². The van der Waals surface area contributed by atoms with Gasteiger partial charge in [-0.25, -0.2) is 4.79 Å². The van der Waals surface area contributed by atoms with Gasteiger partial charge in [0.15, 0.2) is 0 Å². The predicted molar refractivity (Wildman–Crippen MR) is 57.9 cm³/mol. The zero-order valence-electron chi connectivity index (χ0n) is 7.05. The third-order valence-electron chi connectivity index (χ3n) is 2.18. The third kappa shape index (κ3) is 1.60. The maximum absolute atomic E-state index is 10.8. The number of carboxylic acid groups (broad SMARTS) is 1. The monoisotopic (exact) mass is 275 g/mol. The van der Waals surface area contributed by atoms with Gasteiger partial charge in [0.2, 0.25) is 0 Å². The van der Waals surface area contributed by atoms with Crippen molar-refractivity contribution in [1.29, 1.82) is 0 Å². The molecule has 0 saturated heterocycles. The standard InChI is InChI=1S/C9H7BrClNO2/c10-6-3-5(11)1-4-2-7(9(13)14)12-8(4)6/h1,3,7,12H,2H2,(H,13,14). The highest BCUT2D eigenvalue weighted by molar-refractivity contribution is 9.10. The number of hydrogen-bond donors (Lipinski definition) is 2. The molecule has 2 rings (SSSR count). The first-order valence-corrected chi connectivity index (χ1v) is 5.22. The summed E-state index contributed by atoms with van der Waals surface area (Å²) >= 11 is 9.19. The fraction of sp³-hybridized carbons (Fsp3) is 0.222. The van der Waals surface area contributed by atoms with E-state index < -0.39 is 12.0 Å². The van der Waals surface area contributed by atoms with Crippen molar-refractivity contribution in [3.63, 3.8) is 0 Å². The molecule has 1 heterocycles. The fourth-order valence-corrected chi connectivity index (χ4v) is 2.53. The number of aliphatic carboxylic acids is 1. The Hall–Kier alpha value is -0.740. The van der Waals surface area contributed by atoms with E-state index in [1.54, 1.807) is 12.1 Å². The zero-order valence-corrected chi connectivity index (χ0v) is 9.39. The molecule has 0 saturated carbocycles. The number of carboxylic acids is 1. The van der Waals surface area contributed by atoms with Crippen LogP contribution >= 0.6 is 27.5 Å². The van der Waals surface area contributed by atoms with Crippen LogP contribution < -0.4 is 5.32 Å². The minimum Gasteiger partial charge on any atom is -0.480 e. The van der Waals surface area contributed by atoms with Gasteiger partial charge in [-0.15, -0.1) is 0 Å². The quantitative estimate of drug-likeness (QED) is 0.829. The Morgan fingerprint density at radius 1 is 1.64 bits per heavy atom. The first kappa shape index (κ1) is 9.80. The van der Waals surface area contributed by atoms with E-state index in [0.29, 0.717) is 11.4 Å². The number of anilines is 1. The highest BCUT2D eigenvalue weighted by Gasteiger charge is 2.27. The summed E-state index contributed by atoms with van der Waals surface area (Å²) in [5, 5.41) is 12.4. The van der Waals surface area contributed by atoms with Gasteiger partial charge in [-0.3, -0.25) is 0 Å². The lowest BCUT2D eigenvalue weighted by molar-refractivity contribution is -0.137. The fourth-order valence-electron chi connectivity index (χ4n) is 1.54.